The van der Waals surface area contributed by atoms with E-state index in [0.717, 1.165) is 5.56 Å². The zero-order valence-corrected chi connectivity index (χ0v) is 23.7. The third-order valence-corrected chi connectivity index (χ3v) is 7.81. The van der Waals surface area contributed by atoms with E-state index in [0.29, 0.717) is 24.8 Å². The first-order chi connectivity index (χ1) is 19.7. The number of carbonyl (C=O) groups excluding carboxylic acids is 1. The molecule has 0 saturated carbocycles. The van der Waals surface area contributed by atoms with E-state index in [4.69, 9.17) is 18.9 Å². The fourth-order valence-corrected chi connectivity index (χ4v) is 5.71. The number of hydrogen-bond acceptors (Lipinski definition) is 10. The summed E-state index contributed by atoms with van der Waals surface area (Å²) in [4.78, 5) is 49.2. The fraction of sp³-hybridized carbons (Fsp3) is 0.586. The molecular weight excluding hydrogens is 556 g/mol. The Bertz CT molecular complexity index is 1190. The number of esters is 1. The summed E-state index contributed by atoms with van der Waals surface area (Å²) in [5.41, 5.74) is -5.66. The molecule has 5 N–H and O–H groups in total. The maximum absolute atomic E-state index is 12.7. The van der Waals surface area contributed by atoms with Crippen LogP contribution in [0.2, 0.25) is 0 Å². The molecule has 42 heavy (non-hydrogen) atoms. The lowest BCUT2D eigenvalue weighted by molar-refractivity contribution is -0.374. The lowest BCUT2D eigenvalue weighted by Crippen LogP contribution is -2.78. The zero-order valence-electron chi connectivity index (χ0n) is 23.7. The summed E-state index contributed by atoms with van der Waals surface area (Å²) in [6.07, 6.45) is -6.68. The fourth-order valence-electron chi connectivity index (χ4n) is 5.71. The number of carbonyl (C=O) groups is 4. The van der Waals surface area contributed by atoms with Gasteiger partial charge < -0.3 is 44.5 Å². The van der Waals surface area contributed by atoms with Crippen LogP contribution < -0.4 is 0 Å². The van der Waals surface area contributed by atoms with Gasteiger partial charge in [-0.05, 0) is 30.4 Å². The molecule has 0 radical (unpaired) electrons. The average Bonchev–Trinajstić information content (AvgIpc) is 3.14. The molecule has 2 saturated heterocycles. The molecule has 0 spiro atoms. The van der Waals surface area contributed by atoms with Gasteiger partial charge in [0.05, 0.1) is 0 Å². The number of aliphatic hydroxyl groups is 2. The van der Waals surface area contributed by atoms with Crippen molar-refractivity contribution in [2.24, 2.45) is 5.92 Å². The Hall–Kier alpha value is -3.36. The molecule has 2 bridgehead atoms. The number of hydrogen-bond donors (Lipinski definition) is 5. The third kappa shape index (κ3) is 5.79. The van der Waals surface area contributed by atoms with Gasteiger partial charge in [-0.15, -0.1) is 0 Å². The first-order valence-electron chi connectivity index (χ1n) is 13.7. The third-order valence-electron chi connectivity index (χ3n) is 7.81. The smallest absolute Gasteiger partial charge is 0.343 e. The highest BCUT2D eigenvalue weighted by Gasteiger charge is 2.85. The zero-order chi connectivity index (χ0) is 31.5. The van der Waals surface area contributed by atoms with E-state index in [2.05, 4.69) is 6.58 Å². The van der Waals surface area contributed by atoms with Crippen LogP contribution in [0.1, 0.15) is 52.0 Å². The number of aliphatic hydroxyl groups excluding tert-OH is 1. The van der Waals surface area contributed by atoms with Crippen molar-refractivity contribution < 1.29 is 63.7 Å². The van der Waals surface area contributed by atoms with Crippen molar-refractivity contribution in [1.82, 2.24) is 0 Å². The molecule has 8 atom stereocenters. The molecule has 2 unspecified atom stereocenters. The predicted octanol–water partition coefficient (Wildman–Crippen LogP) is 1.53. The molecule has 0 aromatic heterocycles. The van der Waals surface area contributed by atoms with Crippen molar-refractivity contribution in [3.8, 4) is 0 Å². The molecular formula is C29H38O13. The molecule has 3 rings (SSSR count). The van der Waals surface area contributed by atoms with Crippen LogP contribution in [0.25, 0.3) is 0 Å². The molecule has 2 aliphatic heterocycles. The quantitative estimate of drug-likeness (QED) is 0.111. The highest BCUT2D eigenvalue weighted by atomic mass is 16.8. The summed E-state index contributed by atoms with van der Waals surface area (Å²) in [6, 6.07) is 9.39. The molecule has 2 fully saturated rings. The Morgan fingerprint density at radius 2 is 1.74 bits per heavy atom. The monoisotopic (exact) mass is 594 g/mol. The molecule has 0 aliphatic carbocycles. The minimum absolute atomic E-state index is 0.136. The SMILES string of the molecule is C=C(CC[C@@]12O[C@H](C(=O)O)[C@@](O)(C(=O)O)[C@@](C(=O)O)(O1)[C@H](OCCCC)[C@H]2O)C(OC(C)=O)C(C)Cc1ccccc1. The molecule has 0 amide bonds. The molecule has 1 aromatic carbocycles. The number of benzene rings is 1. The van der Waals surface area contributed by atoms with Gasteiger partial charge in [0.25, 0.3) is 0 Å². The standard InChI is InChI=1S/C29H38O13/c1-5-6-14-39-22-21(31)27(41-23(24(32)33)28(38,25(34)35)29(22,42-27)26(36)37)13-12-16(2)20(40-18(4)30)17(3)15-19-10-8-7-9-11-19/h7-11,17,20-23,31,38H,2,5-6,12-15H2,1,3-4H3,(H,32,33)(H,34,35)(H,36,37)/t17?,20?,21-,22-,23-,27-,28-,29-/m1/s1. The first kappa shape index (κ1) is 33.1. The summed E-state index contributed by atoms with van der Waals surface area (Å²) in [7, 11) is 0. The van der Waals surface area contributed by atoms with Gasteiger partial charge in [0.1, 0.15) is 18.3 Å². The van der Waals surface area contributed by atoms with E-state index >= 15 is 0 Å². The minimum atomic E-state index is -3.69. The van der Waals surface area contributed by atoms with Gasteiger partial charge >= 0.3 is 23.9 Å². The minimum Gasteiger partial charge on any atom is -0.479 e. The highest BCUT2D eigenvalue weighted by molar-refractivity contribution is 5.97. The van der Waals surface area contributed by atoms with Crippen LogP contribution in [0, 0.1) is 5.92 Å². The predicted molar refractivity (Wildman–Crippen MR) is 143 cm³/mol. The molecule has 232 valence electrons. The molecule has 13 nitrogen and oxygen atoms in total. The Morgan fingerprint density at radius 3 is 2.26 bits per heavy atom. The van der Waals surface area contributed by atoms with Crippen molar-refractivity contribution in [2.45, 2.75) is 94.3 Å². The van der Waals surface area contributed by atoms with Crippen LogP contribution in [-0.2, 0) is 44.5 Å². The largest absolute Gasteiger partial charge is 0.479 e. The Morgan fingerprint density at radius 1 is 1.10 bits per heavy atom. The second kappa shape index (κ2) is 12.9. The van der Waals surface area contributed by atoms with Crippen LogP contribution >= 0.6 is 0 Å². The van der Waals surface area contributed by atoms with E-state index in [1.165, 1.54) is 6.92 Å². The van der Waals surface area contributed by atoms with Gasteiger partial charge in [-0.3, -0.25) is 4.79 Å². The van der Waals surface area contributed by atoms with Gasteiger partial charge in [-0.2, -0.15) is 0 Å². The summed E-state index contributed by atoms with van der Waals surface area (Å²) >= 11 is 0. The molecule has 2 heterocycles. The van der Waals surface area contributed by atoms with Crippen molar-refractivity contribution in [3.05, 3.63) is 48.0 Å². The molecule has 2 aliphatic rings. The van der Waals surface area contributed by atoms with E-state index in [1.807, 2.05) is 37.3 Å². The lowest BCUT2D eigenvalue weighted by atomic mass is 9.74. The average molecular weight is 595 g/mol. The summed E-state index contributed by atoms with van der Waals surface area (Å²) in [5, 5.41) is 52.7. The van der Waals surface area contributed by atoms with Gasteiger partial charge in [0.2, 0.25) is 17.3 Å². The first-order valence-corrected chi connectivity index (χ1v) is 13.7. The normalized spacial score (nSPS) is 31.6. The number of carboxylic acid groups (broad SMARTS) is 3. The topological polar surface area (TPSA) is 206 Å². The van der Waals surface area contributed by atoms with Crippen molar-refractivity contribution >= 4 is 23.9 Å². The molecule has 13 heteroatoms. The maximum Gasteiger partial charge on any atom is 0.343 e. The Labute approximate surface area is 242 Å². The highest BCUT2D eigenvalue weighted by Crippen LogP contribution is 2.55. The van der Waals surface area contributed by atoms with Crippen molar-refractivity contribution in [3.63, 3.8) is 0 Å². The van der Waals surface area contributed by atoms with E-state index in [9.17, 15) is 44.7 Å². The summed E-state index contributed by atoms with van der Waals surface area (Å²) in [5.74, 6) is -9.61. The maximum atomic E-state index is 12.7. The van der Waals surface area contributed by atoms with Gasteiger partial charge in [-0.25, -0.2) is 14.4 Å². The van der Waals surface area contributed by atoms with E-state index < -0.39 is 71.7 Å². The number of rotatable bonds is 15. The Kier molecular flexibility index (Phi) is 10.2. The molecule has 1 aromatic rings. The van der Waals surface area contributed by atoms with Crippen LogP contribution in [0.15, 0.2) is 42.5 Å². The second-order valence-corrected chi connectivity index (χ2v) is 10.8. The number of fused-ring (bicyclic) bond motifs is 2. The van der Waals surface area contributed by atoms with Crippen LogP contribution in [0.4, 0.5) is 0 Å². The van der Waals surface area contributed by atoms with Gasteiger partial charge in [0.15, 0.2) is 5.79 Å². The van der Waals surface area contributed by atoms with Crippen molar-refractivity contribution in [1.29, 1.82) is 0 Å². The summed E-state index contributed by atoms with van der Waals surface area (Å²) < 4.78 is 22.3. The van der Waals surface area contributed by atoms with Crippen molar-refractivity contribution in [2.75, 3.05) is 6.61 Å². The van der Waals surface area contributed by atoms with Crippen LogP contribution in [0.5, 0.6) is 0 Å². The summed E-state index contributed by atoms with van der Waals surface area (Å²) in [6.45, 7) is 8.74. The lowest BCUT2D eigenvalue weighted by Gasteiger charge is -2.49. The van der Waals surface area contributed by atoms with Gasteiger partial charge in [-0.1, -0.05) is 57.2 Å². The van der Waals surface area contributed by atoms with Gasteiger partial charge in [0, 0.05) is 25.9 Å². The van der Waals surface area contributed by atoms with Crippen LogP contribution in [-0.4, -0.2) is 97.4 Å². The van der Waals surface area contributed by atoms with E-state index in [1.54, 1.807) is 6.92 Å². The number of carboxylic acids is 3. The Balaban J connectivity index is 1.99. The number of ether oxygens (including phenoxy) is 4. The van der Waals surface area contributed by atoms with Crippen LogP contribution in [0.3, 0.4) is 0 Å². The van der Waals surface area contributed by atoms with E-state index in [-0.39, 0.29) is 18.9 Å². The number of aliphatic carboxylic acids is 3. The number of unbranched alkanes of at least 4 members (excludes halogenated alkanes) is 1. The second-order valence-electron chi connectivity index (χ2n) is 10.8.